The molecule has 2 fully saturated rings. The highest BCUT2D eigenvalue weighted by molar-refractivity contribution is 5.82. The predicted molar refractivity (Wildman–Crippen MR) is 130 cm³/mol. The van der Waals surface area contributed by atoms with Crippen LogP contribution in [-0.4, -0.2) is 36.1 Å². The first kappa shape index (κ1) is 22.3. The standard InChI is InChI=1S/C26H36N6O/c1-4-23(25-28-29-30-32(25)22-11-7-8-12-22)31(21-9-5-6-10-21)16-20-15-19-14-17(2)13-18(3)24(19)27-26(20)33/h13-15,21-23H,4-12,16H2,1-3H3,(H,27,33). The molecule has 2 saturated carbocycles. The molecule has 1 atom stereocenters. The van der Waals surface area contributed by atoms with Gasteiger partial charge in [-0.15, -0.1) is 5.10 Å². The molecule has 7 nitrogen and oxygen atoms in total. The van der Waals surface area contributed by atoms with Crippen molar-refractivity contribution >= 4 is 10.9 Å². The van der Waals surface area contributed by atoms with Gasteiger partial charge < -0.3 is 4.98 Å². The number of aromatic nitrogens is 5. The van der Waals surface area contributed by atoms with Crippen LogP contribution in [0.2, 0.25) is 0 Å². The van der Waals surface area contributed by atoms with Gasteiger partial charge in [0.1, 0.15) is 0 Å². The number of tetrazole rings is 1. The maximum Gasteiger partial charge on any atom is 0.252 e. The smallest absolute Gasteiger partial charge is 0.252 e. The van der Waals surface area contributed by atoms with Crippen molar-refractivity contribution in [3.63, 3.8) is 0 Å². The molecule has 7 heteroatoms. The molecule has 3 aromatic rings. The van der Waals surface area contributed by atoms with Crippen molar-refractivity contribution in [3.8, 4) is 0 Å². The summed E-state index contributed by atoms with van der Waals surface area (Å²) in [5.41, 5.74) is 4.12. The molecule has 2 aromatic heterocycles. The van der Waals surface area contributed by atoms with Crippen LogP contribution in [0.15, 0.2) is 23.0 Å². The third-order valence-electron chi connectivity index (χ3n) is 7.79. The van der Waals surface area contributed by atoms with Gasteiger partial charge in [-0.25, -0.2) is 4.68 Å². The number of benzene rings is 1. The summed E-state index contributed by atoms with van der Waals surface area (Å²) < 4.78 is 2.10. The van der Waals surface area contributed by atoms with Crippen molar-refractivity contribution in [1.29, 1.82) is 0 Å². The topological polar surface area (TPSA) is 79.7 Å². The third kappa shape index (κ3) is 4.35. The molecule has 1 N–H and O–H groups in total. The van der Waals surface area contributed by atoms with E-state index in [0.717, 1.165) is 47.1 Å². The summed E-state index contributed by atoms with van der Waals surface area (Å²) in [6, 6.07) is 7.36. The second-order valence-electron chi connectivity index (χ2n) is 10.1. The molecule has 1 aromatic carbocycles. The van der Waals surface area contributed by atoms with Gasteiger partial charge in [0, 0.05) is 18.2 Å². The first-order valence-electron chi connectivity index (χ1n) is 12.7. The van der Waals surface area contributed by atoms with E-state index in [9.17, 15) is 4.79 Å². The minimum absolute atomic E-state index is 0.0164. The number of fused-ring (bicyclic) bond motifs is 1. The maximum atomic E-state index is 13.2. The second-order valence-corrected chi connectivity index (χ2v) is 10.1. The van der Waals surface area contributed by atoms with E-state index >= 15 is 0 Å². The number of aryl methyl sites for hydroxylation is 2. The molecule has 0 radical (unpaired) electrons. The Labute approximate surface area is 195 Å². The molecule has 0 saturated heterocycles. The van der Waals surface area contributed by atoms with Gasteiger partial charge in [0.15, 0.2) is 5.82 Å². The number of pyridine rings is 1. The fourth-order valence-electron chi connectivity index (χ4n) is 6.17. The second kappa shape index (κ2) is 9.37. The number of nitrogens with one attached hydrogen (secondary N) is 1. The van der Waals surface area contributed by atoms with Crippen LogP contribution in [-0.2, 0) is 6.54 Å². The third-order valence-corrected chi connectivity index (χ3v) is 7.79. The highest BCUT2D eigenvalue weighted by Gasteiger charge is 2.34. The van der Waals surface area contributed by atoms with Crippen LogP contribution in [0.5, 0.6) is 0 Å². The zero-order valence-electron chi connectivity index (χ0n) is 20.2. The van der Waals surface area contributed by atoms with Gasteiger partial charge in [0.05, 0.1) is 17.6 Å². The summed E-state index contributed by atoms with van der Waals surface area (Å²) in [6.07, 6.45) is 10.6. The SMILES string of the molecule is CCC(c1nnnn1C1CCCC1)N(Cc1cc2cc(C)cc(C)c2[nH]c1=O)C1CCCC1. The molecule has 2 aliphatic rings. The molecular weight excluding hydrogens is 412 g/mol. The van der Waals surface area contributed by atoms with Crippen LogP contribution < -0.4 is 5.56 Å². The highest BCUT2D eigenvalue weighted by Crippen LogP contribution is 2.36. The van der Waals surface area contributed by atoms with Crippen LogP contribution in [0.4, 0.5) is 0 Å². The normalized spacial score (nSPS) is 18.7. The lowest BCUT2D eigenvalue weighted by molar-refractivity contribution is 0.110. The molecule has 1 unspecified atom stereocenters. The Hall–Kier alpha value is -2.54. The molecule has 5 rings (SSSR count). The Morgan fingerprint density at radius 2 is 1.82 bits per heavy atom. The fourth-order valence-corrected chi connectivity index (χ4v) is 6.17. The van der Waals surface area contributed by atoms with Crippen molar-refractivity contribution in [2.45, 2.75) is 103 Å². The van der Waals surface area contributed by atoms with E-state index in [1.54, 1.807) is 0 Å². The number of hydrogen-bond donors (Lipinski definition) is 1. The van der Waals surface area contributed by atoms with Gasteiger partial charge in [-0.05, 0) is 79.5 Å². The lowest BCUT2D eigenvalue weighted by Gasteiger charge is -2.35. The first-order chi connectivity index (χ1) is 16.0. The van der Waals surface area contributed by atoms with Crippen LogP contribution in [0.1, 0.15) is 99.3 Å². The van der Waals surface area contributed by atoms with Gasteiger partial charge in [0.25, 0.3) is 5.56 Å². The van der Waals surface area contributed by atoms with Crippen LogP contribution in [0.3, 0.4) is 0 Å². The number of aromatic amines is 1. The van der Waals surface area contributed by atoms with E-state index in [-0.39, 0.29) is 11.6 Å². The molecule has 2 aliphatic carbocycles. The summed E-state index contributed by atoms with van der Waals surface area (Å²) >= 11 is 0. The quantitative estimate of drug-likeness (QED) is 0.541. The van der Waals surface area contributed by atoms with Crippen molar-refractivity contribution in [1.82, 2.24) is 30.1 Å². The summed E-state index contributed by atoms with van der Waals surface area (Å²) in [4.78, 5) is 18.9. The summed E-state index contributed by atoms with van der Waals surface area (Å²) in [7, 11) is 0. The van der Waals surface area contributed by atoms with Crippen molar-refractivity contribution in [2.75, 3.05) is 0 Å². The largest absolute Gasteiger partial charge is 0.321 e. The Morgan fingerprint density at radius 1 is 1.09 bits per heavy atom. The van der Waals surface area contributed by atoms with Crippen LogP contribution in [0.25, 0.3) is 10.9 Å². The average molecular weight is 449 g/mol. The number of H-pyrrole nitrogens is 1. The van der Waals surface area contributed by atoms with Crippen molar-refractivity contribution in [2.24, 2.45) is 0 Å². The molecular formula is C26H36N6O. The van der Waals surface area contributed by atoms with Gasteiger partial charge in [-0.1, -0.05) is 44.2 Å². The minimum Gasteiger partial charge on any atom is -0.321 e. The Balaban J connectivity index is 1.53. The number of hydrogen-bond acceptors (Lipinski definition) is 5. The van der Waals surface area contributed by atoms with E-state index in [4.69, 9.17) is 0 Å². The number of nitrogens with zero attached hydrogens (tertiary/aromatic N) is 5. The van der Waals surface area contributed by atoms with Gasteiger partial charge >= 0.3 is 0 Å². The van der Waals surface area contributed by atoms with E-state index in [0.29, 0.717) is 18.6 Å². The number of rotatable bonds is 7. The predicted octanol–water partition coefficient (Wildman–Crippen LogP) is 5.14. The summed E-state index contributed by atoms with van der Waals surface area (Å²) in [5.74, 6) is 0.972. The van der Waals surface area contributed by atoms with Gasteiger partial charge in [0.2, 0.25) is 0 Å². The Bertz CT molecular complexity index is 1170. The van der Waals surface area contributed by atoms with E-state index in [1.807, 2.05) is 0 Å². The molecule has 0 spiro atoms. The fraction of sp³-hybridized carbons (Fsp3) is 0.615. The zero-order chi connectivity index (χ0) is 22.9. The van der Waals surface area contributed by atoms with Gasteiger partial charge in [-0.3, -0.25) is 9.69 Å². The minimum atomic E-state index is 0.0164. The molecule has 176 valence electrons. The van der Waals surface area contributed by atoms with E-state index in [2.05, 4.69) is 69.1 Å². The first-order valence-corrected chi connectivity index (χ1v) is 12.7. The van der Waals surface area contributed by atoms with Crippen LogP contribution >= 0.6 is 0 Å². The molecule has 0 aliphatic heterocycles. The van der Waals surface area contributed by atoms with E-state index in [1.165, 1.54) is 44.1 Å². The zero-order valence-corrected chi connectivity index (χ0v) is 20.2. The maximum absolute atomic E-state index is 13.2. The van der Waals surface area contributed by atoms with Crippen LogP contribution in [0, 0.1) is 13.8 Å². The lowest BCUT2D eigenvalue weighted by Crippen LogP contribution is -2.39. The van der Waals surface area contributed by atoms with Crippen molar-refractivity contribution < 1.29 is 0 Å². The monoisotopic (exact) mass is 448 g/mol. The van der Waals surface area contributed by atoms with Gasteiger partial charge in [-0.2, -0.15) is 0 Å². The van der Waals surface area contributed by atoms with Crippen molar-refractivity contribution in [3.05, 3.63) is 51.1 Å². The summed E-state index contributed by atoms with van der Waals surface area (Å²) in [5, 5.41) is 14.2. The Kier molecular flexibility index (Phi) is 6.32. The molecule has 0 amide bonds. The average Bonchev–Trinajstić information content (AvgIpc) is 3.56. The molecule has 2 heterocycles. The molecule has 33 heavy (non-hydrogen) atoms. The lowest BCUT2D eigenvalue weighted by atomic mass is 10.0. The molecule has 0 bridgehead atoms. The highest BCUT2D eigenvalue weighted by atomic mass is 16.1. The Morgan fingerprint density at radius 3 is 2.55 bits per heavy atom. The summed E-state index contributed by atoms with van der Waals surface area (Å²) in [6.45, 7) is 7.01. The van der Waals surface area contributed by atoms with E-state index < -0.39 is 0 Å².